The summed E-state index contributed by atoms with van der Waals surface area (Å²) < 4.78 is 38.7. The number of nitrogens with zero attached hydrogens (tertiary/aromatic N) is 2. The zero-order chi connectivity index (χ0) is 23.5. The van der Waals surface area contributed by atoms with Crippen LogP contribution in [0.5, 0.6) is 0 Å². The molecule has 3 aromatic rings. The van der Waals surface area contributed by atoms with Crippen LogP contribution in [0.1, 0.15) is 16.7 Å². The smallest absolute Gasteiger partial charge is 0.324 e. The number of thioether (sulfide) groups is 1. The first-order valence-electron chi connectivity index (χ1n) is 8.68. The quantitative estimate of drug-likeness (QED) is 0.486. The van der Waals surface area contributed by atoms with Crippen molar-refractivity contribution in [1.29, 1.82) is 10.5 Å². The molecule has 1 aromatic carbocycles. The molecule has 0 saturated heterocycles. The summed E-state index contributed by atoms with van der Waals surface area (Å²) in [5.41, 5.74) is 5.40. The maximum atomic E-state index is 12.9. The Balaban J connectivity index is 1.86. The summed E-state index contributed by atoms with van der Waals surface area (Å²) in [6.07, 6.45) is -4.59. The maximum absolute atomic E-state index is 12.9. The van der Waals surface area contributed by atoms with E-state index in [9.17, 15) is 28.5 Å². The molecule has 12 heteroatoms. The second kappa shape index (κ2) is 9.49. The van der Waals surface area contributed by atoms with E-state index in [0.717, 1.165) is 30.0 Å². The van der Waals surface area contributed by atoms with E-state index in [1.165, 1.54) is 11.3 Å². The Bertz CT molecular complexity index is 1260. The molecular formula is C20H12ClF3N5OS2+. The molecule has 0 atom stereocenters. The minimum absolute atomic E-state index is 0.0266. The third kappa shape index (κ3) is 4.97. The lowest BCUT2D eigenvalue weighted by atomic mass is 10.0. The maximum Gasteiger partial charge on any atom is 0.416 e. The first kappa shape index (κ1) is 23.4. The number of hydrogen-bond acceptors (Lipinski definition) is 6. The molecule has 0 bridgehead atoms. The number of nitrogens with one attached hydrogen (secondary N) is 2. The molecule has 162 valence electrons. The third-order valence-corrected chi connectivity index (χ3v) is 6.37. The third-order valence-electron chi connectivity index (χ3n) is 4.15. The number of carbonyl (C=O) groups excluding carboxylic acids is 1. The summed E-state index contributed by atoms with van der Waals surface area (Å²) in [6.45, 7) is 0. The number of alkyl halides is 3. The van der Waals surface area contributed by atoms with E-state index in [1.54, 1.807) is 17.5 Å². The van der Waals surface area contributed by atoms with E-state index < -0.39 is 17.6 Å². The van der Waals surface area contributed by atoms with Crippen molar-refractivity contribution < 1.29 is 22.9 Å². The lowest BCUT2D eigenvalue weighted by Crippen LogP contribution is -2.21. The van der Waals surface area contributed by atoms with E-state index in [2.05, 4.69) is 10.3 Å². The van der Waals surface area contributed by atoms with Gasteiger partial charge in [0.2, 0.25) is 5.91 Å². The molecule has 0 aliphatic rings. The predicted octanol–water partition coefficient (Wildman–Crippen LogP) is 4.96. The Morgan fingerprint density at radius 1 is 1.25 bits per heavy atom. The van der Waals surface area contributed by atoms with E-state index in [0.29, 0.717) is 10.4 Å². The van der Waals surface area contributed by atoms with E-state index >= 15 is 0 Å². The fourth-order valence-corrected chi connectivity index (χ4v) is 4.51. The summed E-state index contributed by atoms with van der Waals surface area (Å²) in [5, 5.41) is 23.5. The van der Waals surface area contributed by atoms with Gasteiger partial charge < -0.3 is 5.32 Å². The lowest BCUT2D eigenvalue weighted by Gasteiger charge is -2.12. The molecule has 6 nitrogen and oxygen atoms in total. The number of nitrogens with two attached hydrogens (primary N) is 1. The number of thiophene rings is 1. The number of benzene rings is 1. The van der Waals surface area contributed by atoms with Gasteiger partial charge in [0.05, 0.1) is 22.0 Å². The van der Waals surface area contributed by atoms with E-state index in [1.807, 2.05) is 12.1 Å². The molecule has 4 N–H and O–H groups in total. The average molecular weight is 495 g/mol. The van der Waals surface area contributed by atoms with E-state index in [-0.39, 0.29) is 38.4 Å². The molecule has 0 saturated carbocycles. The molecule has 32 heavy (non-hydrogen) atoms. The van der Waals surface area contributed by atoms with Crippen molar-refractivity contribution in [1.82, 2.24) is 0 Å². The van der Waals surface area contributed by atoms with Crippen LogP contribution in [0.25, 0.3) is 10.4 Å². The van der Waals surface area contributed by atoms with Gasteiger partial charge >= 0.3 is 6.18 Å². The number of amides is 1. The fourth-order valence-electron chi connectivity index (χ4n) is 2.74. The van der Waals surface area contributed by atoms with Gasteiger partial charge in [-0.25, -0.2) is 4.98 Å². The lowest BCUT2D eigenvalue weighted by molar-refractivity contribution is -0.410. The largest absolute Gasteiger partial charge is 0.416 e. The van der Waals surface area contributed by atoms with Gasteiger partial charge in [0.15, 0.2) is 10.6 Å². The van der Waals surface area contributed by atoms with Crippen molar-refractivity contribution in [3.63, 3.8) is 0 Å². The molecule has 0 spiro atoms. The van der Waals surface area contributed by atoms with Gasteiger partial charge in [-0.05, 0) is 29.6 Å². The van der Waals surface area contributed by atoms with Gasteiger partial charge in [0.1, 0.15) is 17.7 Å². The van der Waals surface area contributed by atoms with Crippen molar-refractivity contribution in [2.45, 2.75) is 11.2 Å². The monoisotopic (exact) mass is 494 g/mol. The van der Waals surface area contributed by atoms with Gasteiger partial charge in [0, 0.05) is 10.4 Å². The summed E-state index contributed by atoms with van der Waals surface area (Å²) in [6, 6.07) is 10.1. The number of aromatic nitrogens is 1. The first-order valence-corrected chi connectivity index (χ1v) is 10.9. The molecule has 0 unspecified atom stereocenters. The highest BCUT2D eigenvalue weighted by molar-refractivity contribution is 7.99. The number of aromatic amines is 1. The van der Waals surface area contributed by atoms with Gasteiger partial charge in [0.25, 0.3) is 5.82 Å². The summed E-state index contributed by atoms with van der Waals surface area (Å²) in [4.78, 5) is 15.8. The molecule has 2 heterocycles. The van der Waals surface area contributed by atoms with Crippen LogP contribution in [0, 0.1) is 22.7 Å². The Morgan fingerprint density at radius 3 is 2.56 bits per heavy atom. The zero-order valence-corrected chi connectivity index (χ0v) is 18.3. The molecular weight excluding hydrogens is 483 g/mol. The number of rotatable bonds is 5. The highest BCUT2D eigenvalue weighted by atomic mass is 35.5. The standard InChI is InChI=1S/C20H11ClF3N5OS2/c21-13-4-3-10(20(22,23)24)6-14(13)28-16(30)9-32-19-12(8-26)17(15-2-1-5-31-15)11(7-25)18(27)29-19/h1-6H,9H2,(H2,27,29)(H,28,30)/p+1. The Labute approximate surface area is 193 Å². The number of anilines is 2. The normalized spacial score (nSPS) is 10.9. The van der Waals surface area contributed by atoms with Crippen LogP contribution in [-0.2, 0) is 11.0 Å². The summed E-state index contributed by atoms with van der Waals surface area (Å²) in [7, 11) is 0. The predicted molar refractivity (Wildman–Crippen MR) is 116 cm³/mol. The molecule has 0 radical (unpaired) electrons. The summed E-state index contributed by atoms with van der Waals surface area (Å²) >= 11 is 8.14. The number of H-pyrrole nitrogens is 1. The Kier molecular flexibility index (Phi) is 6.94. The molecule has 3 rings (SSSR count). The number of hydrogen-bond donors (Lipinski definition) is 2. The van der Waals surface area contributed by atoms with E-state index in [4.69, 9.17) is 17.3 Å². The van der Waals surface area contributed by atoms with Gasteiger partial charge in [-0.1, -0.05) is 29.4 Å². The SMILES string of the molecule is N#Cc1c(N)[nH+]c(SCC(=O)Nc2cc(C(F)(F)F)ccc2Cl)c(C#N)c1-c1cccs1. The highest BCUT2D eigenvalue weighted by Crippen LogP contribution is 2.36. The van der Waals surface area contributed by atoms with Crippen LogP contribution < -0.4 is 16.0 Å². The Hall–Kier alpha value is -3.25. The molecule has 1 amide bonds. The van der Waals surface area contributed by atoms with Gasteiger partial charge in [-0.3, -0.25) is 10.5 Å². The van der Waals surface area contributed by atoms with Crippen LogP contribution in [0.2, 0.25) is 5.02 Å². The highest BCUT2D eigenvalue weighted by Gasteiger charge is 2.31. The van der Waals surface area contributed by atoms with Crippen LogP contribution in [0.4, 0.5) is 24.7 Å². The minimum Gasteiger partial charge on any atom is -0.324 e. The number of halogens is 4. The van der Waals surface area contributed by atoms with Crippen LogP contribution in [-0.4, -0.2) is 11.7 Å². The van der Waals surface area contributed by atoms with Crippen molar-refractivity contribution in [2.24, 2.45) is 0 Å². The summed E-state index contributed by atoms with van der Waals surface area (Å²) in [5.74, 6) is -0.875. The number of carbonyl (C=O) groups is 1. The Morgan fingerprint density at radius 2 is 1.97 bits per heavy atom. The van der Waals surface area contributed by atoms with Crippen LogP contribution >= 0.6 is 34.7 Å². The first-order chi connectivity index (χ1) is 15.2. The van der Waals surface area contributed by atoms with Crippen molar-refractivity contribution >= 4 is 52.1 Å². The van der Waals surface area contributed by atoms with Gasteiger partial charge in [-0.2, -0.15) is 23.7 Å². The fraction of sp³-hybridized carbons (Fsp3) is 0.100. The minimum atomic E-state index is -4.59. The van der Waals surface area contributed by atoms with Crippen molar-refractivity contribution in [2.75, 3.05) is 16.8 Å². The number of pyridine rings is 1. The molecule has 0 aliphatic carbocycles. The average Bonchev–Trinajstić information content (AvgIpc) is 3.27. The van der Waals surface area contributed by atoms with Crippen LogP contribution in [0.3, 0.4) is 0 Å². The number of nitriles is 2. The molecule has 0 fully saturated rings. The van der Waals surface area contributed by atoms with Gasteiger partial charge in [-0.15, -0.1) is 11.3 Å². The van der Waals surface area contributed by atoms with Crippen LogP contribution in [0.15, 0.2) is 40.7 Å². The zero-order valence-electron chi connectivity index (χ0n) is 15.9. The molecule has 2 aromatic heterocycles. The second-order valence-electron chi connectivity index (χ2n) is 6.22. The van der Waals surface area contributed by atoms with Crippen molar-refractivity contribution in [3.05, 3.63) is 57.4 Å². The molecule has 0 aliphatic heterocycles. The van der Waals surface area contributed by atoms with Crippen molar-refractivity contribution in [3.8, 4) is 22.6 Å². The number of nitrogen functional groups attached to an aromatic ring is 1. The second-order valence-corrected chi connectivity index (χ2v) is 8.56. The topological polar surface area (TPSA) is 117 Å².